The van der Waals surface area contributed by atoms with Crippen LogP contribution in [0, 0.1) is 10.8 Å². The molecule has 0 spiro atoms. The van der Waals surface area contributed by atoms with E-state index in [4.69, 9.17) is 9.84 Å². The van der Waals surface area contributed by atoms with Crippen LogP contribution in [0.25, 0.3) is 0 Å². The molecule has 3 aliphatic rings. The number of carboxylic acid groups (broad SMARTS) is 1. The predicted molar refractivity (Wildman–Crippen MR) is 69.8 cm³/mol. The summed E-state index contributed by atoms with van der Waals surface area (Å²) in [6.07, 6.45) is 3.96. The molecule has 0 atom stereocenters. The second-order valence-electron chi connectivity index (χ2n) is 7.15. The molecule has 0 saturated heterocycles. The number of nitrogens with one attached hydrogen (secondary N) is 1. The van der Waals surface area contributed by atoms with Gasteiger partial charge in [0, 0.05) is 6.54 Å². The molecule has 3 rings (SSSR count). The molecule has 2 N–H and O–H groups in total. The standard InChI is InChI=1S/C14H23NO4/c1-12(2,3)19-11(18)15-6-4-5-13-7-14(8-13,9-13)10(16)17/h4-9H2,1-3H3,(H,15,18)(H,16,17). The fourth-order valence-electron chi connectivity index (χ4n) is 3.46. The highest BCUT2D eigenvalue weighted by Gasteiger charge is 2.70. The van der Waals surface area contributed by atoms with Crippen molar-refractivity contribution in [2.45, 2.75) is 58.5 Å². The number of carboxylic acids is 1. The third-order valence-corrected chi connectivity index (χ3v) is 4.15. The van der Waals surface area contributed by atoms with Gasteiger partial charge in [-0.15, -0.1) is 0 Å². The molecular weight excluding hydrogens is 246 g/mol. The van der Waals surface area contributed by atoms with Crippen molar-refractivity contribution in [2.75, 3.05) is 6.54 Å². The van der Waals surface area contributed by atoms with Crippen LogP contribution in [0.5, 0.6) is 0 Å². The number of alkyl carbamates (subject to hydrolysis) is 1. The highest BCUT2D eigenvalue weighted by atomic mass is 16.6. The van der Waals surface area contributed by atoms with Gasteiger partial charge in [-0.25, -0.2) is 4.79 Å². The maximum absolute atomic E-state index is 11.4. The molecule has 108 valence electrons. The Labute approximate surface area is 113 Å². The van der Waals surface area contributed by atoms with E-state index in [2.05, 4.69) is 5.32 Å². The van der Waals surface area contributed by atoms with Crippen LogP contribution in [-0.2, 0) is 9.53 Å². The second-order valence-corrected chi connectivity index (χ2v) is 7.15. The van der Waals surface area contributed by atoms with E-state index in [9.17, 15) is 9.59 Å². The van der Waals surface area contributed by atoms with Crippen molar-refractivity contribution in [3.8, 4) is 0 Å². The Hall–Kier alpha value is -1.26. The van der Waals surface area contributed by atoms with E-state index in [1.165, 1.54) is 0 Å². The molecule has 0 aromatic heterocycles. The van der Waals surface area contributed by atoms with E-state index in [1.54, 1.807) is 0 Å². The molecule has 0 aliphatic heterocycles. The molecule has 0 aromatic rings. The predicted octanol–water partition coefficient (Wildman–Crippen LogP) is 2.55. The monoisotopic (exact) mass is 269 g/mol. The minimum absolute atomic E-state index is 0.258. The maximum atomic E-state index is 11.4. The zero-order valence-electron chi connectivity index (χ0n) is 11.9. The van der Waals surface area contributed by atoms with Gasteiger partial charge in [0.05, 0.1) is 5.41 Å². The summed E-state index contributed by atoms with van der Waals surface area (Å²) in [7, 11) is 0. The molecule has 0 radical (unpaired) electrons. The summed E-state index contributed by atoms with van der Waals surface area (Å²) in [5, 5.41) is 11.8. The summed E-state index contributed by atoms with van der Waals surface area (Å²) in [4.78, 5) is 22.4. The Morgan fingerprint density at radius 1 is 1.26 bits per heavy atom. The molecule has 3 fully saturated rings. The Balaban J connectivity index is 1.58. The Morgan fingerprint density at radius 3 is 2.32 bits per heavy atom. The van der Waals surface area contributed by atoms with E-state index in [0.717, 1.165) is 32.1 Å². The summed E-state index contributed by atoms with van der Waals surface area (Å²) in [6.45, 7) is 6.09. The summed E-state index contributed by atoms with van der Waals surface area (Å²) in [5.74, 6) is -0.638. The number of carbonyl (C=O) groups excluding carboxylic acids is 1. The number of rotatable bonds is 5. The number of ether oxygens (including phenoxy) is 1. The van der Waals surface area contributed by atoms with Crippen molar-refractivity contribution in [3.05, 3.63) is 0 Å². The molecule has 3 aliphatic carbocycles. The average Bonchev–Trinajstić information content (AvgIpc) is 2.08. The van der Waals surface area contributed by atoms with Gasteiger partial charge in [-0.1, -0.05) is 0 Å². The van der Waals surface area contributed by atoms with Crippen LogP contribution in [0.15, 0.2) is 0 Å². The molecule has 0 aromatic carbocycles. The zero-order valence-corrected chi connectivity index (χ0v) is 11.9. The van der Waals surface area contributed by atoms with Crippen LogP contribution < -0.4 is 5.32 Å². The number of amides is 1. The quantitative estimate of drug-likeness (QED) is 0.752. The third-order valence-electron chi connectivity index (χ3n) is 4.15. The van der Waals surface area contributed by atoms with Crippen molar-refractivity contribution in [1.29, 1.82) is 0 Å². The topological polar surface area (TPSA) is 75.6 Å². The SMILES string of the molecule is CC(C)(C)OC(=O)NCCCC12CC(C(=O)O)(C1)C2. The van der Waals surface area contributed by atoms with Gasteiger partial charge < -0.3 is 15.2 Å². The summed E-state index contributed by atoms with van der Waals surface area (Å²) in [5.41, 5.74) is -0.599. The molecule has 5 heteroatoms. The van der Waals surface area contributed by atoms with Crippen molar-refractivity contribution in [3.63, 3.8) is 0 Å². The van der Waals surface area contributed by atoms with E-state index in [0.29, 0.717) is 6.54 Å². The minimum atomic E-state index is -0.638. The van der Waals surface area contributed by atoms with E-state index in [-0.39, 0.29) is 11.5 Å². The lowest BCUT2D eigenvalue weighted by molar-refractivity contribution is -0.225. The first-order valence-corrected chi connectivity index (χ1v) is 6.87. The second kappa shape index (κ2) is 4.39. The Bertz CT molecular complexity index is 377. The fourth-order valence-corrected chi connectivity index (χ4v) is 3.46. The lowest BCUT2D eigenvalue weighted by Gasteiger charge is -2.68. The van der Waals surface area contributed by atoms with Gasteiger partial charge in [-0.2, -0.15) is 0 Å². The van der Waals surface area contributed by atoms with Crippen LogP contribution >= 0.6 is 0 Å². The van der Waals surface area contributed by atoms with E-state index < -0.39 is 17.0 Å². The van der Waals surface area contributed by atoms with Crippen molar-refractivity contribution in [1.82, 2.24) is 5.32 Å². The van der Waals surface area contributed by atoms with E-state index in [1.807, 2.05) is 20.8 Å². The first-order chi connectivity index (χ1) is 8.67. The minimum Gasteiger partial charge on any atom is -0.481 e. The lowest BCUT2D eigenvalue weighted by atomic mass is 9.34. The van der Waals surface area contributed by atoms with Crippen molar-refractivity contribution >= 4 is 12.1 Å². The van der Waals surface area contributed by atoms with Gasteiger partial charge in [0.25, 0.3) is 0 Å². The molecule has 19 heavy (non-hydrogen) atoms. The lowest BCUT2D eigenvalue weighted by Crippen LogP contribution is -2.65. The smallest absolute Gasteiger partial charge is 0.407 e. The number of carbonyl (C=O) groups is 2. The first kappa shape index (κ1) is 14.2. The molecule has 0 heterocycles. The molecule has 2 bridgehead atoms. The summed E-state index contributed by atoms with van der Waals surface area (Å²) < 4.78 is 5.14. The molecule has 0 unspecified atom stereocenters. The zero-order chi connectivity index (χ0) is 14.3. The maximum Gasteiger partial charge on any atom is 0.407 e. The first-order valence-electron chi connectivity index (χ1n) is 6.87. The Kier molecular flexibility index (Phi) is 3.27. The van der Waals surface area contributed by atoms with Crippen LogP contribution in [-0.4, -0.2) is 29.3 Å². The van der Waals surface area contributed by atoms with Gasteiger partial charge in [-0.3, -0.25) is 4.79 Å². The number of aliphatic carboxylic acids is 1. The fraction of sp³-hybridized carbons (Fsp3) is 0.857. The van der Waals surface area contributed by atoms with Gasteiger partial charge in [-0.05, 0) is 58.3 Å². The van der Waals surface area contributed by atoms with Crippen LogP contribution in [0.2, 0.25) is 0 Å². The van der Waals surface area contributed by atoms with Crippen LogP contribution in [0.4, 0.5) is 4.79 Å². The molecular formula is C14H23NO4. The van der Waals surface area contributed by atoms with Crippen molar-refractivity contribution < 1.29 is 19.4 Å². The highest BCUT2D eigenvalue weighted by Crippen LogP contribution is 2.75. The van der Waals surface area contributed by atoms with Crippen LogP contribution in [0.3, 0.4) is 0 Å². The average molecular weight is 269 g/mol. The summed E-state index contributed by atoms with van der Waals surface area (Å²) in [6, 6.07) is 0. The van der Waals surface area contributed by atoms with Gasteiger partial charge in [0.1, 0.15) is 5.60 Å². The third kappa shape index (κ3) is 2.85. The molecule has 3 saturated carbocycles. The summed E-state index contributed by atoms with van der Waals surface area (Å²) >= 11 is 0. The van der Waals surface area contributed by atoms with Gasteiger partial charge in [0.2, 0.25) is 0 Å². The molecule has 1 amide bonds. The van der Waals surface area contributed by atoms with E-state index >= 15 is 0 Å². The van der Waals surface area contributed by atoms with Crippen LogP contribution in [0.1, 0.15) is 52.9 Å². The number of hydrogen-bond donors (Lipinski definition) is 2. The largest absolute Gasteiger partial charge is 0.481 e. The highest BCUT2D eigenvalue weighted by molar-refractivity contribution is 5.79. The number of hydrogen-bond acceptors (Lipinski definition) is 3. The van der Waals surface area contributed by atoms with Gasteiger partial charge >= 0.3 is 12.1 Å². The van der Waals surface area contributed by atoms with Crippen molar-refractivity contribution in [2.24, 2.45) is 10.8 Å². The normalized spacial score (nSPS) is 31.9. The Morgan fingerprint density at radius 2 is 1.84 bits per heavy atom. The van der Waals surface area contributed by atoms with Gasteiger partial charge in [0.15, 0.2) is 0 Å². The molecule has 5 nitrogen and oxygen atoms in total.